The van der Waals surface area contributed by atoms with Crippen LogP contribution in [-0.2, 0) is 6.42 Å². The van der Waals surface area contributed by atoms with E-state index in [4.69, 9.17) is 0 Å². The first-order valence-electron chi connectivity index (χ1n) is 6.85. The Morgan fingerprint density at radius 2 is 2.11 bits per heavy atom. The normalized spacial score (nSPS) is 28.2. The number of rotatable bonds is 2. The zero-order valence-electron chi connectivity index (χ0n) is 11.4. The summed E-state index contributed by atoms with van der Waals surface area (Å²) in [5, 5.41) is 0. The van der Waals surface area contributed by atoms with Crippen molar-refractivity contribution in [2.75, 3.05) is 20.6 Å². The Kier molecular flexibility index (Phi) is 2.67. The summed E-state index contributed by atoms with van der Waals surface area (Å²) < 4.78 is 1.11. The lowest BCUT2D eigenvalue weighted by Crippen LogP contribution is -2.44. The molecule has 0 spiro atoms. The Labute approximate surface area is 110 Å². The maximum atomic E-state index is 3.93. The van der Waals surface area contributed by atoms with E-state index < -0.39 is 0 Å². The number of benzene rings is 1. The van der Waals surface area contributed by atoms with Crippen molar-refractivity contribution in [1.29, 1.82) is 0 Å². The fourth-order valence-electron chi connectivity index (χ4n) is 3.76. The van der Waals surface area contributed by atoms with Gasteiger partial charge in [-0.05, 0) is 29.2 Å². The quantitative estimate of drug-likeness (QED) is 0.550. The molecule has 1 heterocycles. The standard InChI is InChI=1S/C17H22N/c1-4-7-17-16-11-14-9-6-5-8-13(14)10-15(16)12-18(17,2)3/h4-6,8-9,11,15,17H,1,7,10,12H2,2-3H3/q+1/t15-,17?/m0/s1. The summed E-state index contributed by atoms with van der Waals surface area (Å²) in [4.78, 5) is 0. The fraction of sp³-hybridized carbons (Fsp3) is 0.412. The van der Waals surface area contributed by atoms with Gasteiger partial charge in [0.15, 0.2) is 0 Å². The topological polar surface area (TPSA) is 0 Å². The number of quaternary nitrogens is 1. The molecule has 0 N–H and O–H groups in total. The number of fused-ring (bicyclic) bond motifs is 2. The van der Waals surface area contributed by atoms with Gasteiger partial charge in [0, 0.05) is 12.3 Å². The van der Waals surface area contributed by atoms with Crippen LogP contribution in [0.5, 0.6) is 0 Å². The predicted molar refractivity (Wildman–Crippen MR) is 77.2 cm³/mol. The summed E-state index contributed by atoms with van der Waals surface area (Å²) in [5.74, 6) is 0.736. The second-order valence-corrected chi connectivity index (χ2v) is 6.25. The monoisotopic (exact) mass is 240 g/mol. The molecule has 18 heavy (non-hydrogen) atoms. The van der Waals surface area contributed by atoms with Gasteiger partial charge in [-0.3, -0.25) is 0 Å². The van der Waals surface area contributed by atoms with Crippen molar-refractivity contribution >= 4 is 6.08 Å². The molecule has 1 aliphatic heterocycles. The van der Waals surface area contributed by atoms with Gasteiger partial charge in [0.1, 0.15) is 6.04 Å². The Balaban J connectivity index is 2.04. The average molecular weight is 240 g/mol. The number of hydrogen-bond donors (Lipinski definition) is 0. The van der Waals surface area contributed by atoms with Crippen LogP contribution in [-0.4, -0.2) is 31.2 Å². The van der Waals surface area contributed by atoms with E-state index in [0.717, 1.165) is 16.8 Å². The molecule has 0 amide bonds. The third-order valence-corrected chi connectivity index (χ3v) is 4.62. The van der Waals surface area contributed by atoms with Crippen molar-refractivity contribution in [1.82, 2.24) is 0 Å². The number of hydrogen-bond acceptors (Lipinski definition) is 0. The first-order valence-corrected chi connectivity index (χ1v) is 6.85. The lowest BCUT2D eigenvalue weighted by molar-refractivity contribution is -0.900. The summed E-state index contributed by atoms with van der Waals surface area (Å²) in [5.41, 5.74) is 4.60. The molecule has 1 nitrogen and oxygen atoms in total. The second-order valence-electron chi connectivity index (χ2n) is 6.25. The van der Waals surface area contributed by atoms with Gasteiger partial charge < -0.3 is 4.48 Å². The van der Waals surface area contributed by atoms with Crippen LogP contribution in [0.2, 0.25) is 0 Å². The summed E-state index contributed by atoms with van der Waals surface area (Å²) in [7, 11) is 4.72. The molecule has 1 saturated heterocycles. The van der Waals surface area contributed by atoms with Crippen molar-refractivity contribution < 1.29 is 4.48 Å². The van der Waals surface area contributed by atoms with E-state index in [0.29, 0.717) is 6.04 Å². The Hall–Kier alpha value is -1.34. The summed E-state index contributed by atoms with van der Waals surface area (Å²) in [6, 6.07) is 9.47. The van der Waals surface area contributed by atoms with E-state index in [1.54, 1.807) is 5.57 Å². The minimum absolute atomic E-state index is 0.626. The maximum Gasteiger partial charge on any atom is 0.114 e. The van der Waals surface area contributed by atoms with Crippen LogP contribution in [0, 0.1) is 5.92 Å². The van der Waals surface area contributed by atoms with E-state index in [9.17, 15) is 0 Å². The minimum Gasteiger partial charge on any atom is -0.322 e. The molecule has 1 fully saturated rings. The van der Waals surface area contributed by atoms with Crippen LogP contribution in [0.25, 0.3) is 6.08 Å². The molecule has 1 aromatic rings. The average Bonchev–Trinajstić information content (AvgIpc) is 2.58. The second kappa shape index (κ2) is 4.10. The van der Waals surface area contributed by atoms with Gasteiger partial charge in [0.2, 0.25) is 0 Å². The van der Waals surface area contributed by atoms with Crippen molar-refractivity contribution in [2.24, 2.45) is 5.92 Å². The van der Waals surface area contributed by atoms with Crippen LogP contribution >= 0.6 is 0 Å². The number of likely N-dealkylation sites (N-methyl/N-ethyl adjacent to an activating group) is 1. The van der Waals surface area contributed by atoms with Gasteiger partial charge >= 0.3 is 0 Å². The molecule has 1 heteroatoms. The molecule has 0 aromatic heterocycles. The van der Waals surface area contributed by atoms with Gasteiger partial charge in [-0.15, -0.1) is 6.58 Å². The molecule has 1 unspecified atom stereocenters. The van der Waals surface area contributed by atoms with E-state index in [-0.39, 0.29) is 0 Å². The molecule has 2 aliphatic rings. The van der Waals surface area contributed by atoms with E-state index in [1.165, 1.54) is 24.1 Å². The molecular formula is C17H22N+. The molecule has 94 valence electrons. The number of likely N-dealkylation sites (tertiary alicyclic amines) is 1. The predicted octanol–water partition coefficient (Wildman–Crippen LogP) is 3.28. The lowest BCUT2D eigenvalue weighted by Gasteiger charge is -2.31. The van der Waals surface area contributed by atoms with Crippen LogP contribution < -0.4 is 0 Å². The largest absolute Gasteiger partial charge is 0.322 e. The van der Waals surface area contributed by atoms with E-state index >= 15 is 0 Å². The Morgan fingerprint density at radius 1 is 1.33 bits per heavy atom. The summed E-state index contributed by atoms with van der Waals surface area (Å²) in [6.45, 7) is 5.20. The first kappa shape index (κ1) is 11.7. The third kappa shape index (κ3) is 1.74. The first-order chi connectivity index (χ1) is 8.62. The minimum atomic E-state index is 0.626. The third-order valence-electron chi connectivity index (χ3n) is 4.62. The van der Waals surface area contributed by atoms with Crippen molar-refractivity contribution in [3.8, 4) is 0 Å². The fourth-order valence-corrected chi connectivity index (χ4v) is 3.76. The highest BCUT2D eigenvalue weighted by Crippen LogP contribution is 2.41. The molecule has 0 saturated carbocycles. The molecule has 1 aliphatic carbocycles. The maximum absolute atomic E-state index is 3.93. The Morgan fingerprint density at radius 3 is 2.89 bits per heavy atom. The molecule has 2 atom stereocenters. The van der Waals surface area contributed by atoms with Gasteiger partial charge in [-0.2, -0.15) is 0 Å². The zero-order chi connectivity index (χ0) is 12.8. The van der Waals surface area contributed by atoms with E-state index in [1.807, 2.05) is 0 Å². The SMILES string of the molecule is C=CCC1C2=Cc3ccccc3C[C@H]2C[N+]1(C)C. The van der Waals surface area contributed by atoms with Crippen LogP contribution in [0.4, 0.5) is 0 Å². The highest BCUT2D eigenvalue weighted by molar-refractivity contribution is 5.61. The molecule has 0 bridgehead atoms. The summed E-state index contributed by atoms with van der Waals surface area (Å²) in [6.07, 6.45) is 6.84. The van der Waals surface area contributed by atoms with Gasteiger partial charge in [0.05, 0.1) is 20.6 Å². The molecule has 3 rings (SSSR count). The molecule has 1 aromatic carbocycles. The highest BCUT2D eigenvalue weighted by Gasteiger charge is 2.45. The van der Waals surface area contributed by atoms with Crippen molar-refractivity contribution in [3.05, 3.63) is 53.6 Å². The van der Waals surface area contributed by atoms with Crippen LogP contribution in [0.1, 0.15) is 17.5 Å². The van der Waals surface area contributed by atoms with Crippen molar-refractivity contribution in [3.63, 3.8) is 0 Å². The lowest BCUT2D eigenvalue weighted by atomic mass is 9.82. The smallest absolute Gasteiger partial charge is 0.114 e. The summed E-state index contributed by atoms with van der Waals surface area (Å²) >= 11 is 0. The van der Waals surface area contributed by atoms with Gasteiger partial charge in [-0.25, -0.2) is 0 Å². The van der Waals surface area contributed by atoms with Crippen LogP contribution in [0.15, 0.2) is 42.5 Å². The molecular weight excluding hydrogens is 218 g/mol. The highest BCUT2D eigenvalue weighted by atomic mass is 15.4. The van der Waals surface area contributed by atoms with Crippen LogP contribution in [0.3, 0.4) is 0 Å². The molecule has 0 radical (unpaired) electrons. The Bertz CT molecular complexity index is 510. The van der Waals surface area contributed by atoms with Gasteiger partial charge in [-0.1, -0.05) is 30.3 Å². The van der Waals surface area contributed by atoms with Crippen molar-refractivity contribution in [2.45, 2.75) is 18.9 Å². The number of nitrogens with zero attached hydrogens (tertiary/aromatic N) is 1. The van der Waals surface area contributed by atoms with Gasteiger partial charge in [0.25, 0.3) is 0 Å². The van der Waals surface area contributed by atoms with E-state index in [2.05, 4.69) is 57.1 Å². The zero-order valence-corrected chi connectivity index (χ0v) is 11.4.